The number of para-hydroxylation sites is 2. The smallest absolute Gasteiger partial charge is 0.334 e. The summed E-state index contributed by atoms with van der Waals surface area (Å²) in [6, 6.07) is 14.9. The number of amides is 2. The predicted octanol–water partition coefficient (Wildman–Crippen LogP) is 4.20. The molecule has 0 saturated carbocycles. The molecule has 1 atom stereocenters. The van der Waals surface area contributed by atoms with E-state index >= 15 is 0 Å². The Morgan fingerprint density at radius 2 is 1.84 bits per heavy atom. The highest BCUT2D eigenvalue weighted by Gasteiger charge is 2.36. The number of ether oxygens (including phenoxy) is 1. The van der Waals surface area contributed by atoms with Crippen LogP contribution in [0.2, 0.25) is 0 Å². The van der Waals surface area contributed by atoms with Crippen molar-refractivity contribution in [2.45, 2.75) is 33.1 Å². The van der Waals surface area contributed by atoms with Crippen molar-refractivity contribution < 1.29 is 24.0 Å². The van der Waals surface area contributed by atoms with E-state index in [4.69, 9.17) is 9.26 Å². The largest absolute Gasteiger partial charge is 0.495 e. The minimum atomic E-state index is -1.06. The maximum absolute atomic E-state index is 12.8. The van der Waals surface area contributed by atoms with Crippen LogP contribution < -0.4 is 25.6 Å². The van der Waals surface area contributed by atoms with Crippen molar-refractivity contribution in [3.05, 3.63) is 82.8 Å². The zero-order valence-corrected chi connectivity index (χ0v) is 25.5. The van der Waals surface area contributed by atoms with E-state index in [2.05, 4.69) is 42.0 Å². The summed E-state index contributed by atoms with van der Waals surface area (Å²) in [7, 11) is 1.70. The average molecular weight is 602 g/mol. The van der Waals surface area contributed by atoms with Crippen molar-refractivity contribution in [3.63, 3.8) is 0 Å². The number of hydrogen-bond donors (Lipinski definition) is 4. The number of carboxylic acid groups (broad SMARTS) is 1. The van der Waals surface area contributed by atoms with Crippen molar-refractivity contribution in [1.82, 2.24) is 25.7 Å². The summed E-state index contributed by atoms with van der Waals surface area (Å²) in [5.41, 5.74) is 4.35. The molecule has 3 aromatic rings. The molecule has 0 spiro atoms. The number of aryl methyl sites for hydroxylation is 1. The lowest BCUT2D eigenvalue weighted by Gasteiger charge is -2.36. The minimum absolute atomic E-state index is 0.173. The first-order valence-corrected chi connectivity index (χ1v) is 14.7. The SMILES string of the molecule is COc1ccccc1N1CCN(CCCNC(=O)Nc2cccc(C3C(C(=O)O)=C(C)NC(C)=C3c3nc(C)no3)c2)CC1. The van der Waals surface area contributed by atoms with Crippen LogP contribution in [0.1, 0.15) is 43.5 Å². The summed E-state index contributed by atoms with van der Waals surface area (Å²) in [5.74, 6) is -0.147. The molecule has 2 aliphatic rings. The lowest BCUT2D eigenvalue weighted by Crippen LogP contribution is -2.47. The lowest BCUT2D eigenvalue weighted by atomic mass is 9.80. The Morgan fingerprint density at radius 1 is 1.07 bits per heavy atom. The number of nitrogens with one attached hydrogen (secondary N) is 3. The molecule has 0 bridgehead atoms. The summed E-state index contributed by atoms with van der Waals surface area (Å²) < 4.78 is 11.0. The lowest BCUT2D eigenvalue weighted by molar-refractivity contribution is -0.132. The third-order valence-electron chi connectivity index (χ3n) is 7.96. The Bertz CT molecular complexity index is 1570. The molecule has 4 N–H and O–H groups in total. The van der Waals surface area contributed by atoms with Gasteiger partial charge in [0, 0.05) is 55.4 Å². The van der Waals surface area contributed by atoms with Crippen LogP contribution in [0.25, 0.3) is 5.57 Å². The van der Waals surface area contributed by atoms with E-state index in [9.17, 15) is 14.7 Å². The average Bonchev–Trinajstić information content (AvgIpc) is 3.44. The van der Waals surface area contributed by atoms with Crippen molar-refractivity contribution >= 4 is 28.9 Å². The normalized spacial score (nSPS) is 17.4. The Balaban J connectivity index is 1.16. The van der Waals surface area contributed by atoms with Gasteiger partial charge in [-0.1, -0.05) is 29.4 Å². The molecule has 2 aliphatic heterocycles. The zero-order chi connectivity index (χ0) is 31.2. The maximum Gasteiger partial charge on any atom is 0.334 e. The first kappa shape index (κ1) is 30.6. The number of carbonyl (C=O) groups is 2. The summed E-state index contributed by atoms with van der Waals surface area (Å²) >= 11 is 0. The fourth-order valence-corrected chi connectivity index (χ4v) is 5.88. The number of rotatable bonds is 10. The van der Waals surface area contributed by atoms with Crippen molar-refractivity contribution in [3.8, 4) is 5.75 Å². The van der Waals surface area contributed by atoms with E-state index in [1.807, 2.05) is 31.2 Å². The molecule has 12 heteroatoms. The molecule has 0 aliphatic carbocycles. The summed E-state index contributed by atoms with van der Waals surface area (Å²) in [4.78, 5) is 34.3. The van der Waals surface area contributed by atoms with Gasteiger partial charge >= 0.3 is 12.0 Å². The van der Waals surface area contributed by atoms with E-state index in [1.165, 1.54) is 0 Å². The fraction of sp³-hybridized carbons (Fsp3) is 0.375. The number of carboxylic acids is 1. The molecular formula is C32H39N7O5. The molecular weight excluding hydrogens is 562 g/mol. The Hall–Kier alpha value is -4.84. The molecule has 5 rings (SSSR count). The third-order valence-corrected chi connectivity index (χ3v) is 7.96. The monoisotopic (exact) mass is 601 g/mol. The molecule has 1 saturated heterocycles. The van der Waals surface area contributed by atoms with Gasteiger partial charge in [-0.15, -0.1) is 0 Å². The number of allylic oxidation sites excluding steroid dienone is 3. The second kappa shape index (κ2) is 13.6. The number of piperazine rings is 1. The number of methoxy groups -OCH3 is 1. The van der Waals surface area contributed by atoms with Crippen LogP contribution in [0.3, 0.4) is 0 Å². The Labute approximate surface area is 256 Å². The number of carbonyl (C=O) groups excluding carboxylic acids is 1. The summed E-state index contributed by atoms with van der Waals surface area (Å²) in [6.45, 7) is 10.4. The number of urea groups is 1. The third kappa shape index (κ3) is 6.86. The number of anilines is 2. The number of hydrogen-bond acceptors (Lipinski definition) is 9. The van der Waals surface area contributed by atoms with Crippen molar-refractivity contribution in [2.75, 3.05) is 56.6 Å². The molecule has 1 unspecified atom stereocenters. The van der Waals surface area contributed by atoms with Crippen molar-refractivity contribution in [1.29, 1.82) is 0 Å². The predicted molar refractivity (Wildman–Crippen MR) is 168 cm³/mol. The van der Waals surface area contributed by atoms with Gasteiger partial charge in [-0.05, 0) is 63.6 Å². The quantitative estimate of drug-likeness (QED) is 0.250. The van der Waals surface area contributed by atoms with Crippen LogP contribution in [0.15, 0.2) is 70.0 Å². The topological polar surface area (TPSA) is 145 Å². The van der Waals surface area contributed by atoms with Gasteiger partial charge in [0.2, 0.25) is 0 Å². The van der Waals surface area contributed by atoms with Gasteiger partial charge in [0.1, 0.15) is 5.75 Å². The van der Waals surface area contributed by atoms with Crippen LogP contribution >= 0.6 is 0 Å². The maximum atomic E-state index is 12.8. The molecule has 232 valence electrons. The van der Waals surface area contributed by atoms with Gasteiger partial charge in [0.05, 0.1) is 24.3 Å². The van der Waals surface area contributed by atoms with E-state index in [1.54, 1.807) is 39.2 Å². The molecule has 2 aromatic carbocycles. The molecule has 0 radical (unpaired) electrons. The molecule has 1 fully saturated rings. The van der Waals surface area contributed by atoms with E-state index in [-0.39, 0.29) is 17.5 Å². The van der Waals surface area contributed by atoms with Crippen LogP contribution in [0, 0.1) is 6.92 Å². The Morgan fingerprint density at radius 3 is 2.55 bits per heavy atom. The van der Waals surface area contributed by atoms with Crippen molar-refractivity contribution in [2.24, 2.45) is 0 Å². The second-order valence-electron chi connectivity index (χ2n) is 10.9. The van der Waals surface area contributed by atoms with Crippen LogP contribution in [-0.4, -0.2) is 78.5 Å². The Kier molecular flexibility index (Phi) is 9.49. The van der Waals surface area contributed by atoms with Crippen LogP contribution in [0.5, 0.6) is 5.75 Å². The summed E-state index contributed by atoms with van der Waals surface area (Å²) in [6.07, 6.45) is 0.820. The van der Waals surface area contributed by atoms with Crippen LogP contribution in [0.4, 0.5) is 16.2 Å². The number of aromatic nitrogens is 2. The van der Waals surface area contributed by atoms with Gasteiger partial charge in [-0.25, -0.2) is 9.59 Å². The van der Waals surface area contributed by atoms with E-state index in [0.717, 1.165) is 56.3 Å². The highest BCUT2D eigenvalue weighted by molar-refractivity contribution is 5.96. The number of nitrogens with zero attached hydrogens (tertiary/aromatic N) is 4. The first-order valence-electron chi connectivity index (χ1n) is 14.7. The minimum Gasteiger partial charge on any atom is -0.495 e. The van der Waals surface area contributed by atoms with E-state index < -0.39 is 11.9 Å². The van der Waals surface area contributed by atoms with Gasteiger partial charge in [0.15, 0.2) is 5.82 Å². The fourth-order valence-electron chi connectivity index (χ4n) is 5.88. The molecule has 12 nitrogen and oxygen atoms in total. The van der Waals surface area contributed by atoms with Gasteiger partial charge < -0.3 is 35.2 Å². The molecule has 2 amide bonds. The number of benzene rings is 2. The molecule has 3 heterocycles. The van der Waals surface area contributed by atoms with Gasteiger partial charge in [-0.2, -0.15) is 4.98 Å². The first-order chi connectivity index (χ1) is 21.2. The second-order valence-corrected chi connectivity index (χ2v) is 10.9. The van der Waals surface area contributed by atoms with Crippen LogP contribution in [-0.2, 0) is 4.79 Å². The van der Waals surface area contributed by atoms with Gasteiger partial charge in [-0.3, -0.25) is 4.90 Å². The summed E-state index contributed by atoms with van der Waals surface area (Å²) in [5, 5.41) is 23.0. The zero-order valence-electron chi connectivity index (χ0n) is 25.5. The molecule has 44 heavy (non-hydrogen) atoms. The van der Waals surface area contributed by atoms with E-state index in [0.29, 0.717) is 34.9 Å². The highest BCUT2D eigenvalue weighted by Crippen LogP contribution is 2.43. The highest BCUT2D eigenvalue weighted by atomic mass is 16.5. The standard InChI is InChI=1S/C32H39N7O5/c1-20-27(30-35-22(3)37-44-30)29(28(31(40)41)21(2)34-20)23-9-7-10-24(19-23)36-32(42)33-13-8-14-38-15-17-39(18-16-38)25-11-5-6-12-26(25)43-4/h5-7,9-12,19,29,34H,8,13-18H2,1-4H3,(H,40,41)(H2,33,36,42). The van der Waals surface area contributed by atoms with Gasteiger partial charge in [0.25, 0.3) is 5.89 Å². The number of aliphatic carboxylic acids is 1. The molecule has 1 aromatic heterocycles. The number of dihydropyridines is 1.